The van der Waals surface area contributed by atoms with Crippen molar-refractivity contribution in [3.63, 3.8) is 0 Å². The molecule has 1 aliphatic rings. The zero-order chi connectivity index (χ0) is 14.7. The van der Waals surface area contributed by atoms with Gasteiger partial charge in [-0.2, -0.15) is 0 Å². The lowest BCUT2D eigenvalue weighted by Crippen LogP contribution is -2.46. The fourth-order valence-corrected chi connectivity index (χ4v) is 2.96. The second-order valence-electron chi connectivity index (χ2n) is 5.91. The zero-order valence-electron chi connectivity index (χ0n) is 12.9. The highest BCUT2D eigenvalue weighted by Crippen LogP contribution is 2.23. The first-order valence-electron chi connectivity index (χ1n) is 7.66. The van der Waals surface area contributed by atoms with Crippen LogP contribution in [0, 0.1) is 13.8 Å². The molecule has 1 saturated heterocycles. The van der Waals surface area contributed by atoms with E-state index in [0.29, 0.717) is 0 Å². The first kappa shape index (κ1) is 14.1. The van der Waals surface area contributed by atoms with Crippen LogP contribution in [0.3, 0.4) is 0 Å². The molecule has 0 radical (unpaired) electrons. The lowest BCUT2D eigenvalue weighted by molar-refractivity contribution is 0.249. The molecular weight excluding hydrogens is 258 g/mol. The van der Waals surface area contributed by atoms with Gasteiger partial charge in [0.1, 0.15) is 0 Å². The lowest BCUT2D eigenvalue weighted by atomic mass is 10.1. The minimum Gasteiger partial charge on any atom is -0.369 e. The monoisotopic (exact) mass is 281 g/mol. The van der Waals surface area contributed by atoms with Crippen LogP contribution >= 0.6 is 0 Å². The van der Waals surface area contributed by atoms with Crippen LogP contribution in [0.5, 0.6) is 0 Å². The van der Waals surface area contributed by atoms with Crippen molar-refractivity contribution in [1.29, 1.82) is 0 Å². The summed E-state index contributed by atoms with van der Waals surface area (Å²) in [5.41, 5.74) is 5.42. The summed E-state index contributed by atoms with van der Waals surface area (Å²) in [5.74, 6) is 0. The summed E-state index contributed by atoms with van der Waals surface area (Å²) in [7, 11) is 0. The minimum atomic E-state index is 1.01. The number of aryl methyl sites for hydroxylation is 2. The van der Waals surface area contributed by atoms with Gasteiger partial charge in [0, 0.05) is 50.8 Å². The highest BCUT2D eigenvalue weighted by Gasteiger charge is 2.18. The van der Waals surface area contributed by atoms with Crippen LogP contribution in [0.4, 0.5) is 5.69 Å². The highest BCUT2D eigenvalue weighted by molar-refractivity contribution is 5.55. The molecule has 3 rings (SSSR count). The molecule has 0 saturated carbocycles. The first-order chi connectivity index (χ1) is 10.2. The molecule has 1 aromatic heterocycles. The Labute approximate surface area is 127 Å². The van der Waals surface area contributed by atoms with E-state index in [1.54, 1.807) is 0 Å². The fourth-order valence-electron chi connectivity index (χ4n) is 2.96. The van der Waals surface area contributed by atoms with E-state index in [0.717, 1.165) is 32.7 Å². The topological polar surface area (TPSA) is 19.4 Å². The Hall–Kier alpha value is -1.87. The Morgan fingerprint density at radius 2 is 1.86 bits per heavy atom. The van der Waals surface area contributed by atoms with Crippen molar-refractivity contribution in [2.24, 2.45) is 0 Å². The van der Waals surface area contributed by atoms with E-state index in [-0.39, 0.29) is 0 Å². The molecule has 1 aliphatic heterocycles. The van der Waals surface area contributed by atoms with Gasteiger partial charge in [0.2, 0.25) is 0 Å². The summed E-state index contributed by atoms with van der Waals surface area (Å²) < 4.78 is 0. The molecule has 21 heavy (non-hydrogen) atoms. The molecule has 0 unspecified atom stereocenters. The number of pyridine rings is 1. The number of anilines is 1. The minimum absolute atomic E-state index is 1.01. The molecule has 0 aliphatic carbocycles. The van der Waals surface area contributed by atoms with Gasteiger partial charge < -0.3 is 4.90 Å². The van der Waals surface area contributed by atoms with Gasteiger partial charge in [0.15, 0.2) is 0 Å². The SMILES string of the molecule is Cc1ccc(C)c(N2CCN(Cc3cccnc3)CC2)c1. The Morgan fingerprint density at radius 3 is 2.57 bits per heavy atom. The number of piperazine rings is 1. The molecule has 0 amide bonds. The van der Waals surface area contributed by atoms with E-state index in [1.807, 2.05) is 18.5 Å². The Morgan fingerprint density at radius 1 is 1.05 bits per heavy atom. The van der Waals surface area contributed by atoms with Gasteiger partial charge in [-0.25, -0.2) is 0 Å². The van der Waals surface area contributed by atoms with Crippen molar-refractivity contribution in [2.45, 2.75) is 20.4 Å². The van der Waals surface area contributed by atoms with E-state index in [1.165, 1.54) is 22.4 Å². The highest BCUT2D eigenvalue weighted by atomic mass is 15.3. The van der Waals surface area contributed by atoms with Gasteiger partial charge in [-0.3, -0.25) is 9.88 Å². The largest absolute Gasteiger partial charge is 0.369 e. The van der Waals surface area contributed by atoms with E-state index < -0.39 is 0 Å². The van der Waals surface area contributed by atoms with Crippen LogP contribution in [0.1, 0.15) is 16.7 Å². The van der Waals surface area contributed by atoms with E-state index >= 15 is 0 Å². The number of rotatable bonds is 3. The van der Waals surface area contributed by atoms with Crippen molar-refractivity contribution < 1.29 is 0 Å². The molecule has 0 atom stereocenters. The molecule has 2 aromatic rings. The normalized spacial score (nSPS) is 16.2. The third-order valence-corrected chi connectivity index (χ3v) is 4.21. The Bertz CT molecular complexity index is 587. The molecule has 0 spiro atoms. The Balaban J connectivity index is 1.61. The predicted molar refractivity (Wildman–Crippen MR) is 87.6 cm³/mol. The van der Waals surface area contributed by atoms with Crippen molar-refractivity contribution >= 4 is 5.69 Å². The summed E-state index contributed by atoms with van der Waals surface area (Å²) >= 11 is 0. The number of hydrogen-bond donors (Lipinski definition) is 0. The summed E-state index contributed by atoms with van der Waals surface area (Å²) in [6.07, 6.45) is 3.80. The second-order valence-corrected chi connectivity index (χ2v) is 5.91. The smallest absolute Gasteiger partial charge is 0.0399 e. The molecule has 1 fully saturated rings. The maximum Gasteiger partial charge on any atom is 0.0399 e. The first-order valence-corrected chi connectivity index (χ1v) is 7.66. The predicted octanol–water partition coefficient (Wildman–Crippen LogP) is 3.02. The van der Waals surface area contributed by atoms with Gasteiger partial charge >= 0.3 is 0 Å². The van der Waals surface area contributed by atoms with Gasteiger partial charge in [-0.15, -0.1) is 0 Å². The Kier molecular flexibility index (Phi) is 4.20. The van der Waals surface area contributed by atoms with E-state index in [2.05, 4.69) is 52.9 Å². The quantitative estimate of drug-likeness (QED) is 0.862. The molecule has 0 N–H and O–H groups in total. The van der Waals surface area contributed by atoms with Crippen LogP contribution in [-0.4, -0.2) is 36.1 Å². The molecule has 2 heterocycles. The molecule has 110 valence electrons. The maximum atomic E-state index is 4.20. The number of benzene rings is 1. The third kappa shape index (κ3) is 3.42. The fraction of sp³-hybridized carbons (Fsp3) is 0.389. The van der Waals surface area contributed by atoms with Gasteiger partial charge in [0.05, 0.1) is 0 Å². The molecular formula is C18H23N3. The van der Waals surface area contributed by atoms with Crippen LogP contribution in [0.15, 0.2) is 42.7 Å². The lowest BCUT2D eigenvalue weighted by Gasteiger charge is -2.37. The average molecular weight is 281 g/mol. The van der Waals surface area contributed by atoms with Crippen LogP contribution < -0.4 is 4.90 Å². The summed E-state index contributed by atoms with van der Waals surface area (Å²) in [5, 5.41) is 0. The van der Waals surface area contributed by atoms with Gasteiger partial charge in [-0.05, 0) is 42.7 Å². The van der Waals surface area contributed by atoms with Crippen LogP contribution in [0.25, 0.3) is 0 Å². The standard InChI is InChI=1S/C18H23N3/c1-15-5-6-16(2)18(12-15)21-10-8-20(9-11-21)14-17-4-3-7-19-13-17/h3-7,12-13H,8-11,14H2,1-2H3. The van der Waals surface area contributed by atoms with E-state index in [4.69, 9.17) is 0 Å². The molecule has 3 nitrogen and oxygen atoms in total. The maximum absolute atomic E-state index is 4.20. The van der Waals surface area contributed by atoms with Crippen molar-refractivity contribution in [3.8, 4) is 0 Å². The zero-order valence-corrected chi connectivity index (χ0v) is 12.9. The summed E-state index contributed by atoms with van der Waals surface area (Å²) in [6.45, 7) is 9.81. The molecule has 1 aromatic carbocycles. The van der Waals surface area contributed by atoms with Gasteiger partial charge in [0.25, 0.3) is 0 Å². The summed E-state index contributed by atoms with van der Waals surface area (Å²) in [4.78, 5) is 9.23. The third-order valence-electron chi connectivity index (χ3n) is 4.21. The van der Waals surface area contributed by atoms with Crippen LogP contribution in [0.2, 0.25) is 0 Å². The summed E-state index contributed by atoms with van der Waals surface area (Å²) in [6, 6.07) is 10.9. The van der Waals surface area contributed by atoms with Crippen molar-refractivity contribution in [3.05, 3.63) is 59.4 Å². The average Bonchev–Trinajstić information content (AvgIpc) is 2.52. The van der Waals surface area contributed by atoms with Crippen molar-refractivity contribution in [1.82, 2.24) is 9.88 Å². The number of nitrogens with zero attached hydrogens (tertiary/aromatic N) is 3. The van der Waals surface area contributed by atoms with Gasteiger partial charge in [-0.1, -0.05) is 18.2 Å². The molecule has 3 heteroatoms. The molecule has 0 bridgehead atoms. The number of hydrogen-bond acceptors (Lipinski definition) is 3. The van der Waals surface area contributed by atoms with E-state index in [9.17, 15) is 0 Å². The number of aromatic nitrogens is 1. The second kappa shape index (κ2) is 6.27. The van der Waals surface area contributed by atoms with Crippen LogP contribution in [-0.2, 0) is 6.54 Å². The van der Waals surface area contributed by atoms with Crippen molar-refractivity contribution in [2.75, 3.05) is 31.1 Å².